The molecule has 0 fully saturated rings. The van der Waals surface area contributed by atoms with Crippen molar-refractivity contribution in [1.82, 2.24) is 10.6 Å². The Kier molecular flexibility index (Phi) is 8.40. The van der Waals surface area contributed by atoms with Gasteiger partial charge in [0.25, 0.3) is 5.91 Å². The number of hydrogen-bond acceptors (Lipinski definition) is 4. The quantitative estimate of drug-likeness (QED) is 0.481. The van der Waals surface area contributed by atoms with Crippen LogP contribution in [0.1, 0.15) is 41.2 Å². The molecule has 0 saturated carbocycles. The molecule has 9 heteroatoms. The first-order valence-corrected chi connectivity index (χ1v) is 9.15. The number of carbonyl (C=O) groups is 3. The molecule has 2 rings (SSSR count). The largest absolute Gasteiger partial charge is 0.469 e. The first-order chi connectivity index (χ1) is 14.3. The van der Waals surface area contributed by atoms with E-state index in [0.29, 0.717) is 11.6 Å². The molecule has 0 aliphatic carbocycles. The van der Waals surface area contributed by atoms with Crippen LogP contribution in [0, 0.1) is 17.5 Å². The highest BCUT2D eigenvalue weighted by molar-refractivity contribution is 5.94. The minimum absolute atomic E-state index is 0.0189. The molecule has 0 spiro atoms. The molecule has 0 aromatic heterocycles. The van der Waals surface area contributed by atoms with E-state index in [1.807, 2.05) is 0 Å². The third-order valence-corrected chi connectivity index (χ3v) is 4.25. The molecule has 160 valence electrons. The number of ether oxygens (including phenoxy) is 1. The fourth-order valence-electron chi connectivity index (χ4n) is 2.68. The first-order valence-electron chi connectivity index (χ1n) is 9.15. The zero-order chi connectivity index (χ0) is 22.1. The Morgan fingerprint density at radius 2 is 1.67 bits per heavy atom. The average molecular weight is 422 g/mol. The van der Waals surface area contributed by atoms with E-state index in [4.69, 9.17) is 0 Å². The van der Waals surface area contributed by atoms with Gasteiger partial charge in [0.05, 0.1) is 25.1 Å². The smallest absolute Gasteiger partial charge is 0.307 e. The summed E-state index contributed by atoms with van der Waals surface area (Å²) in [5.41, 5.74) is 0.241. The first kappa shape index (κ1) is 22.9. The second-order valence-corrected chi connectivity index (χ2v) is 6.44. The van der Waals surface area contributed by atoms with Crippen molar-refractivity contribution < 1.29 is 32.3 Å². The van der Waals surface area contributed by atoms with Gasteiger partial charge in [-0.15, -0.1) is 0 Å². The number of rotatable bonds is 9. The van der Waals surface area contributed by atoms with Crippen molar-refractivity contribution in [2.75, 3.05) is 13.7 Å². The molecule has 0 saturated heterocycles. The van der Waals surface area contributed by atoms with Crippen LogP contribution in [0.3, 0.4) is 0 Å². The van der Waals surface area contributed by atoms with E-state index in [2.05, 4.69) is 15.4 Å². The van der Waals surface area contributed by atoms with Gasteiger partial charge >= 0.3 is 5.97 Å². The Hall–Kier alpha value is -3.36. The summed E-state index contributed by atoms with van der Waals surface area (Å²) in [7, 11) is 1.22. The molecular weight excluding hydrogens is 401 g/mol. The monoisotopic (exact) mass is 422 g/mol. The van der Waals surface area contributed by atoms with E-state index in [0.717, 1.165) is 12.1 Å². The minimum atomic E-state index is -0.977. The zero-order valence-electron chi connectivity index (χ0n) is 16.2. The van der Waals surface area contributed by atoms with Crippen LogP contribution in [-0.4, -0.2) is 31.4 Å². The molecule has 0 aliphatic rings. The Bertz CT molecular complexity index is 904. The number of methoxy groups -OCH3 is 1. The summed E-state index contributed by atoms with van der Waals surface area (Å²) in [6.07, 6.45) is 0.133. The standard InChI is InChI=1S/C21H21F3N2O4/c1-30-20(28)12-18(13-4-6-14(22)7-5-13)26-19(27)3-2-10-25-21(29)16-9-8-15(23)11-17(16)24/h4-9,11,18H,2-3,10,12H2,1H3,(H,25,29)(H,26,27). The molecule has 2 N–H and O–H groups in total. The van der Waals surface area contributed by atoms with Gasteiger partial charge in [-0.2, -0.15) is 0 Å². The number of carbonyl (C=O) groups excluding carboxylic acids is 3. The van der Waals surface area contributed by atoms with Gasteiger partial charge in [-0.1, -0.05) is 12.1 Å². The Balaban J connectivity index is 1.85. The fraction of sp³-hybridized carbons (Fsp3) is 0.286. The molecule has 2 amide bonds. The number of halogens is 3. The molecule has 0 bridgehead atoms. The van der Waals surface area contributed by atoms with Gasteiger partial charge in [-0.25, -0.2) is 13.2 Å². The SMILES string of the molecule is COC(=O)CC(NC(=O)CCCNC(=O)c1ccc(F)cc1F)c1ccc(F)cc1. The fourth-order valence-corrected chi connectivity index (χ4v) is 2.68. The highest BCUT2D eigenvalue weighted by atomic mass is 19.1. The summed E-state index contributed by atoms with van der Waals surface area (Å²) in [5, 5.41) is 5.13. The number of benzene rings is 2. The Labute approximate surface area is 171 Å². The Morgan fingerprint density at radius 3 is 2.30 bits per heavy atom. The second-order valence-electron chi connectivity index (χ2n) is 6.44. The molecular formula is C21H21F3N2O4. The van der Waals surface area contributed by atoms with E-state index >= 15 is 0 Å². The molecule has 30 heavy (non-hydrogen) atoms. The molecule has 0 radical (unpaired) electrons. The van der Waals surface area contributed by atoms with E-state index < -0.39 is 41.3 Å². The van der Waals surface area contributed by atoms with Crippen molar-refractivity contribution in [2.24, 2.45) is 0 Å². The van der Waals surface area contributed by atoms with Crippen LogP contribution in [0.15, 0.2) is 42.5 Å². The van der Waals surface area contributed by atoms with E-state index in [-0.39, 0.29) is 31.4 Å². The van der Waals surface area contributed by atoms with Gasteiger partial charge in [0.15, 0.2) is 0 Å². The lowest BCUT2D eigenvalue weighted by molar-refractivity contribution is -0.141. The van der Waals surface area contributed by atoms with Crippen molar-refractivity contribution >= 4 is 17.8 Å². The molecule has 6 nitrogen and oxygen atoms in total. The van der Waals surface area contributed by atoms with Crippen LogP contribution in [-0.2, 0) is 14.3 Å². The Morgan fingerprint density at radius 1 is 1.00 bits per heavy atom. The van der Waals surface area contributed by atoms with Crippen molar-refractivity contribution in [2.45, 2.75) is 25.3 Å². The highest BCUT2D eigenvalue weighted by Gasteiger charge is 2.19. The summed E-state index contributed by atoms with van der Waals surface area (Å²) >= 11 is 0. The number of esters is 1. The van der Waals surface area contributed by atoms with Gasteiger partial charge in [-0.05, 0) is 36.2 Å². The van der Waals surface area contributed by atoms with Crippen LogP contribution in [0.2, 0.25) is 0 Å². The van der Waals surface area contributed by atoms with Gasteiger partial charge in [0.1, 0.15) is 17.5 Å². The highest BCUT2D eigenvalue weighted by Crippen LogP contribution is 2.18. The molecule has 1 unspecified atom stereocenters. The molecule has 2 aromatic rings. The summed E-state index contributed by atoms with van der Waals surface area (Å²) in [6.45, 7) is 0.0846. The van der Waals surface area contributed by atoms with Gasteiger partial charge in [0.2, 0.25) is 5.91 Å². The summed E-state index contributed by atoms with van der Waals surface area (Å²) in [5.74, 6) is -3.87. The van der Waals surface area contributed by atoms with Crippen LogP contribution in [0.25, 0.3) is 0 Å². The average Bonchev–Trinajstić information content (AvgIpc) is 2.71. The summed E-state index contributed by atoms with van der Waals surface area (Å²) in [6, 6.07) is 7.27. The van der Waals surface area contributed by atoms with Crippen LogP contribution >= 0.6 is 0 Å². The minimum Gasteiger partial charge on any atom is -0.469 e. The van der Waals surface area contributed by atoms with Crippen molar-refractivity contribution in [3.8, 4) is 0 Å². The van der Waals surface area contributed by atoms with Gasteiger partial charge in [-0.3, -0.25) is 14.4 Å². The second kappa shape index (κ2) is 11.0. The zero-order valence-corrected chi connectivity index (χ0v) is 16.2. The maximum absolute atomic E-state index is 13.6. The molecule has 1 atom stereocenters. The predicted octanol–water partition coefficient (Wildman–Crippen LogP) is 3.03. The topological polar surface area (TPSA) is 84.5 Å². The number of amides is 2. The van der Waals surface area contributed by atoms with Crippen LogP contribution in [0.4, 0.5) is 13.2 Å². The van der Waals surface area contributed by atoms with E-state index in [1.165, 1.54) is 31.4 Å². The van der Waals surface area contributed by atoms with Crippen molar-refractivity contribution in [1.29, 1.82) is 0 Å². The van der Waals surface area contributed by atoms with E-state index in [9.17, 15) is 27.6 Å². The van der Waals surface area contributed by atoms with Crippen molar-refractivity contribution in [3.63, 3.8) is 0 Å². The molecule has 0 aliphatic heterocycles. The predicted molar refractivity (Wildman–Crippen MR) is 102 cm³/mol. The molecule has 0 heterocycles. The van der Waals surface area contributed by atoms with Gasteiger partial charge < -0.3 is 15.4 Å². The lowest BCUT2D eigenvalue weighted by Gasteiger charge is -2.18. The van der Waals surface area contributed by atoms with Crippen LogP contribution in [0.5, 0.6) is 0 Å². The van der Waals surface area contributed by atoms with Gasteiger partial charge in [0, 0.05) is 19.0 Å². The number of hydrogen-bond donors (Lipinski definition) is 2. The van der Waals surface area contributed by atoms with E-state index in [1.54, 1.807) is 0 Å². The maximum Gasteiger partial charge on any atom is 0.307 e. The van der Waals surface area contributed by atoms with Crippen molar-refractivity contribution in [3.05, 3.63) is 71.0 Å². The summed E-state index contributed by atoms with van der Waals surface area (Å²) < 4.78 is 44.2. The third-order valence-electron chi connectivity index (χ3n) is 4.25. The lowest BCUT2D eigenvalue weighted by Crippen LogP contribution is -2.31. The van der Waals surface area contributed by atoms with Crippen LogP contribution < -0.4 is 10.6 Å². The third kappa shape index (κ3) is 6.91. The maximum atomic E-state index is 13.6. The lowest BCUT2D eigenvalue weighted by atomic mass is 10.0. The summed E-state index contributed by atoms with van der Waals surface area (Å²) in [4.78, 5) is 35.7. The normalized spacial score (nSPS) is 11.5. The molecule has 2 aromatic carbocycles. The number of nitrogens with one attached hydrogen (secondary N) is 2.